The zero-order valence-electron chi connectivity index (χ0n) is 30.9. The van der Waals surface area contributed by atoms with Crippen molar-refractivity contribution in [2.45, 2.75) is 58.0 Å². The van der Waals surface area contributed by atoms with Crippen LogP contribution in [-0.4, -0.2) is 38.0 Å². The van der Waals surface area contributed by atoms with Crippen molar-refractivity contribution in [3.8, 4) is 11.5 Å². The van der Waals surface area contributed by atoms with Crippen LogP contribution in [0.15, 0.2) is 139 Å². The first kappa shape index (κ1) is 39.2. The molecule has 0 aromatic heterocycles. The van der Waals surface area contributed by atoms with Crippen LogP contribution in [0.2, 0.25) is 0 Å². The van der Waals surface area contributed by atoms with E-state index < -0.39 is 39.9 Å². The number of amides is 1. The minimum Gasteiger partial charge on any atom is -0.489 e. The number of β-lactam (4-membered cyclic amide) rings is 1. The molecule has 1 aliphatic carbocycles. The summed E-state index contributed by atoms with van der Waals surface area (Å²) in [5, 5.41) is 0. The molecule has 4 aromatic rings. The number of carbonyl (C=O) groups is 2. The Labute approximate surface area is 322 Å². The molecule has 0 unspecified atom stereocenters. The Morgan fingerprint density at radius 3 is 2.22 bits per heavy atom. The summed E-state index contributed by atoms with van der Waals surface area (Å²) in [6.07, 6.45) is 10.1. The second kappa shape index (κ2) is 18.2. The molecule has 4 aromatic carbocycles. The average Bonchev–Trinajstić information content (AvgIpc) is 3.18. The van der Waals surface area contributed by atoms with E-state index >= 15 is 0 Å². The predicted molar refractivity (Wildman–Crippen MR) is 209 cm³/mol. The van der Waals surface area contributed by atoms with E-state index in [1.54, 1.807) is 17.0 Å². The van der Waals surface area contributed by atoms with Crippen LogP contribution < -0.4 is 14.2 Å². The second-order valence-corrected chi connectivity index (χ2v) is 15.5. The Kier molecular flexibility index (Phi) is 13.0. The van der Waals surface area contributed by atoms with Crippen molar-refractivity contribution >= 4 is 21.9 Å². The van der Waals surface area contributed by atoms with E-state index in [0.29, 0.717) is 62.5 Å². The van der Waals surface area contributed by atoms with Gasteiger partial charge in [-0.25, -0.2) is 17.5 Å². The van der Waals surface area contributed by atoms with Crippen LogP contribution >= 0.6 is 0 Å². The second-order valence-electron chi connectivity index (χ2n) is 13.6. The average molecular weight is 765 g/mol. The lowest BCUT2D eigenvalue weighted by Gasteiger charge is -2.49. The van der Waals surface area contributed by atoms with Gasteiger partial charge in [0, 0.05) is 30.8 Å². The van der Waals surface area contributed by atoms with Gasteiger partial charge in [0.2, 0.25) is 15.9 Å². The molecule has 1 saturated heterocycles. The fraction of sp³-hybridized carbons (Fsp3) is 0.273. The highest BCUT2D eigenvalue weighted by molar-refractivity contribution is 7.88. The van der Waals surface area contributed by atoms with Crippen molar-refractivity contribution in [3.05, 3.63) is 167 Å². The molecule has 1 fully saturated rings. The molecule has 6 rings (SSSR count). The normalized spacial score (nSPS) is 18.0. The maximum Gasteiger partial charge on any atom is 0.303 e. The van der Waals surface area contributed by atoms with Gasteiger partial charge in [-0.05, 0) is 78.3 Å². The first-order valence-corrected chi connectivity index (χ1v) is 20.2. The number of sulfonamides is 1. The van der Waals surface area contributed by atoms with Crippen LogP contribution in [0.4, 0.5) is 4.39 Å². The molecule has 286 valence electrons. The Bertz CT molecular complexity index is 2150. The van der Waals surface area contributed by atoms with Crippen LogP contribution in [0, 0.1) is 11.7 Å². The number of likely N-dealkylation sites (tertiary alicyclic amines) is 1. The van der Waals surface area contributed by atoms with Gasteiger partial charge in [0.25, 0.3) is 0 Å². The fourth-order valence-electron chi connectivity index (χ4n) is 6.81. The molecule has 0 bridgehead atoms. The van der Waals surface area contributed by atoms with Crippen LogP contribution in [0.1, 0.15) is 67.0 Å². The number of nitrogens with one attached hydrogen (secondary N) is 1. The number of hydrogen-bond acceptors (Lipinski definition) is 7. The number of nitrogens with zero attached hydrogens (tertiary/aromatic N) is 1. The molecule has 1 aliphatic heterocycles. The smallest absolute Gasteiger partial charge is 0.303 e. The molecule has 0 saturated carbocycles. The zero-order chi connectivity index (χ0) is 38.8. The predicted octanol–water partition coefficient (Wildman–Crippen LogP) is 8.28. The highest BCUT2D eigenvalue weighted by atomic mass is 32.2. The standard InChI is InChI=1S/C44H45FN2O7S/c1-31(48)54-41(35-17-19-36(45)20-18-35)26-25-40-43(47(44(40)49)37-21-15-32(16-22-37)14-9-27-46-55(2,50)51)39-24-23-38(52-29-33-10-5-3-6-11-33)28-42(39)53-30-34-12-7-4-8-13-34/h3-8,10-15,17-24,28,40-41,43,46H,9,16,25-27,29-30H2,1-2H3/t40-,41+,43-/m1/s1. The molecule has 3 atom stereocenters. The van der Waals surface area contributed by atoms with E-state index in [1.165, 1.54) is 19.1 Å². The van der Waals surface area contributed by atoms with Crippen molar-refractivity contribution < 1.29 is 36.6 Å². The first-order valence-electron chi connectivity index (χ1n) is 18.3. The molecule has 1 amide bonds. The summed E-state index contributed by atoms with van der Waals surface area (Å²) in [6, 6.07) is 30.8. The van der Waals surface area contributed by atoms with Gasteiger partial charge in [0.15, 0.2) is 0 Å². The molecule has 1 heterocycles. The number of esters is 1. The topological polar surface area (TPSA) is 111 Å². The molecular weight excluding hydrogens is 720 g/mol. The third-order valence-corrected chi connectivity index (χ3v) is 10.2. The SMILES string of the molecule is CC(=O)O[C@@H](CC[C@H]1C(=O)N(C2=CCC(=CCCNS(C)(=O)=O)C=C2)[C@@H]1c1ccc(OCc2ccccc2)cc1OCc1ccccc1)c1ccc(F)cc1. The lowest BCUT2D eigenvalue weighted by atomic mass is 9.77. The minimum absolute atomic E-state index is 0.0789. The van der Waals surface area contributed by atoms with Crippen LogP contribution in [0.5, 0.6) is 11.5 Å². The number of carbonyl (C=O) groups excluding carboxylic acids is 2. The summed E-state index contributed by atoms with van der Waals surface area (Å²) in [6.45, 7) is 2.30. The summed E-state index contributed by atoms with van der Waals surface area (Å²) in [4.78, 5) is 28.1. The van der Waals surface area contributed by atoms with E-state index in [2.05, 4.69) is 4.72 Å². The van der Waals surface area contributed by atoms with Gasteiger partial charge >= 0.3 is 5.97 Å². The van der Waals surface area contributed by atoms with Gasteiger partial charge in [-0.2, -0.15) is 0 Å². The number of rotatable bonds is 17. The highest BCUT2D eigenvalue weighted by Crippen LogP contribution is 2.50. The van der Waals surface area contributed by atoms with Gasteiger partial charge in [-0.1, -0.05) is 91.0 Å². The zero-order valence-corrected chi connectivity index (χ0v) is 31.7. The maximum atomic E-state index is 14.2. The van der Waals surface area contributed by atoms with E-state index in [1.807, 2.05) is 103 Å². The first-order chi connectivity index (χ1) is 26.5. The van der Waals surface area contributed by atoms with Crippen LogP contribution in [0.3, 0.4) is 0 Å². The fourth-order valence-corrected chi connectivity index (χ4v) is 7.30. The summed E-state index contributed by atoms with van der Waals surface area (Å²) in [7, 11) is -3.27. The van der Waals surface area contributed by atoms with Gasteiger partial charge in [0.1, 0.15) is 36.6 Å². The van der Waals surface area contributed by atoms with Crippen molar-refractivity contribution in [1.29, 1.82) is 0 Å². The Morgan fingerprint density at radius 1 is 0.927 bits per heavy atom. The molecule has 11 heteroatoms. The van der Waals surface area contributed by atoms with Crippen LogP contribution in [0.25, 0.3) is 0 Å². The van der Waals surface area contributed by atoms with Crippen molar-refractivity contribution in [1.82, 2.24) is 9.62 Å². The Morgan fingerprint density at radius 2 is 1.60 bits per heavy atom. The Balaban J connectivity index is 1.30. The third-order valence-electron chi connectivity index (χ3n) is 9.50. The monoisotopic (exact) mass is 764 g/mol. The third kappa shape index (κ3) is 10.8. The van der Waals surface area contributed by atoms with Crippen molar-refractivity contribution in [3.63, 3.8) is 0 Å². The summed E-state index contributed by atoms with van der Waals surface area (Å²) >= 11 is 0. The van der Waals surface area contributed by atoms with E-state index in [-0.39, 0.29) is 5.91 Å². The number of benzene rings is 4. The summed E-state index contributed by atoms with van der Waals surface area (Å²) in [5.41, 5.74) is 5.21. The quantitative estimate of drug-likeness (QED) is 0.0655. The number of allylic oxidation sites excluding steroid dienone is 4. The van der Waals surface area contributed by atoms with E-state index in [4.69, 9.17) is 14.2 Å². The van der Waals surface area contributed by atoms with E-state index in [0.717, 1.165) is 34.2 Å². The number of halogens is 1. The van der Waals surface area contributed by atoms with Crippen LogP contribution in [-0.2, 0) is 37.6 Å². The van der Waals surface area contributed by atoms with E-state index in [9.17, 15) is 22.4 Å². The molecule has 2 aliphatic rings. The van der Waals surface area contributed by atoms with Gasteiger partial charge < -0.3 is 19.1 Å². The maximum absolute atomic E-state index is 14.2. The van der Waals surface area contributed by atoms with Crippen molar-refractivity contribution in [2.75, 3.05) is 12.8 Å². The molecule has 1 N–H and O–H groups in total. The molecular formula is C44H45FN2O7S. The largest absolute Gasteiger partial charge is 0.489 e. The van der Waals surface area contributed by atoms with Gasteiger partial charge in [0.05, 0.1) is 18.2 Å². The van der Waals surface area contributed by atoms with Gasteiger partial charge in [-0.3, -0.25) is 9.59 Å². The Hall–Kier alpha value is -5.52. The lowest BCUT2D eigenvalue weighted by molar-refractivity contribution is -0.154. The molecule has 0 radical (unpaired) electrons. The number of hydrogen-bond donors (Lipinski definition) is 1. The molecule has 0 spiro atoms. The molecule has 55 heavy (non-hydrogen) atoms. The lowest BCUT2D eigenvalue weighted by Crippen LogP contribution is -2.54. The minimum atomic E-state index is -3.27. The summed E-state index contributed by atoms with van der Waals surface area (Å²) < 4.78 is 57.6. The summed E-state index contributed by atoms with van der Waals surface area (Å²) in [5.74, 6) is -0.231. The highest BCUT2D eigenvalue weighted by Gasteiger charge is 2.50. The number of ether oxygens (including phenoxy) is 3. The van der Waals surface area contributed by atoms with Gasteiger partial charge in [-0.15, -0.1) is 0 Å². The molecule has 9 nitrogen and oxygen atoms in total. The van der Waals surface area contributed by atoms with Crippen molar-refractivity contribution in [2.24, 2.45) is 5.92 Å².